The molecule has 2 aromatic rings. The minimum absolute atomic E-state index is 0.268. The molecule has 1 heterocycles. The molecular formula is C11H13N3O3. The quantitative estimate of drug-likeness (QED) is 0.676. The van der Waals surface area contributed by atoms with E-state index in [9.17, 15) is 14.7 Å². The van der Waals surface area contributed by atoms with Crippen molar-refractivity contribution in [2.24, 2.45) is 0 Å². The molecule has 0 bridgehead atoms. The van der Waals surface area contributed by atoms with E-state index in [0.29, 0.717) is 6.42 Å². The largest absolute Gasteiger partial charge is 0.394 e. The lowest BCUT2D eigenvalue weighted by atomic mass is 10.1. The molecule has 0 amide bonds. The van der Waals surface area contributed by atoms with Crippen LogP contribution in [0.15, 0.2) is 39.9 Å². The van der Waals surface area contributed by atoms with Crippen molar-refractivity contribution < 1.29 is 5.11 Å². The molecule has 6 heteroatoms. The van der Waals surface area contributed by atoms with Crippen molar-refractivity contribution in [3.8, 4) is 0 Å². The molecule has 1 atom stereocenters. The Labute approximate surface area is 96.5 Å². The normalized spacial score (nSPS) is 12.5. The maximum Gasteiger partial charge on any atom is 0.344 e. The van der Waals surface area contributed by atoms with Crippen LogP contribution in [0.1, 0.15) is 11.6 Å². The number of nitrogens with zero attached hydrogens (tertiary/aromatic N) is 1. The Bertz CT molecular complexity index is 554. The molecule has 0 aliphatic rings. The van der Waals surface area contributed by atoms with Crippen LogP contribution < -0.4 is 11.4 Å². The van der Waals surface area contributed by atoms with Gasteiger partial charge in [0.2, 0.25) is 0 Å². The second-order valence-corrected chi connectivity index (χ2v) is 3.76. The third kappa shape index (κ3) is 2.36. The first-order valence-electron chi connectivity index (χ1n) is 5.26. The van der Waals surface area contributed by atoms with Crippen molar-refractivity contribution in [3.63, 3.8) is 0 Å². The van der Waals surface area contributed by atoms with Gasteiger partial charge in [0.15, 0.2) is 0 Å². The number of aromatic amines is 2. The average Bonchev–Trinajstić information content (AvgIpc) is 2.68. The predicted octanol–water partition coefficient (Wildman–Crippen LogP) is -0.359. The lowest BCUT2D eigenvalue weighted by Gasteiger charge is -2.13. The highest BCUT2D eigenvalue weighted by Crippen LogP contribution is 2.10. The number of rotatable bonds is 4. The van der Waals surface area contributed by atoms with Gasteiger partial charge in [-0.2, -0.15) is 0 Å². The SMILES string of the molecule is O=c1[nH][nH]c(=O)n1[C@@H](CO)Cc1ccccc1. The summed E-state index contributed by atoms with van der Waals surface area (Å²) in [5, 5.41) is 13.7. The van der Waals surface area contributed by atoms with E-state index in [2.05, 4.69) is 10.2 Å². The molecule has 0 aliphatic heterocycles. The molecule has 0 fully saturated rings. The minimum Gasteiger partial charge on any atom is -0.394 e. The highest BCUT2D eigenvalue weighted by atomic mass is 16.3. The fraction of sp³-hybridized carbons (Fsp3) is 0.273. The van der Waals surface area contributed by atoms with Gasteiger partial charge in [-0.25, -0.2) is 24.4 Å². The molecule has 1 aromatic carbocycles. The second-order valence-electron chi connectivity index (χ2n) is 3.76. The molecule has 1 aromatic heterocycles. The maximum absolute atomic E-state index is 11.4. The van der Waals surface area contributed by atoms with Gasteiger partial charge < -0.3 is 5.11 Å². The molecule has 0 saturated heterocycles. The van der Waals surface area contributed by atoms with E-state index in [1.54, 1.807) is 0 Å². The van der Waals surface area contributed by atoms with Gasteiger partial charge >= 0.3 is 11.4 Å². The minimum atomic E-state index is -0.556. The van der Waals surface area contributed by atoms with E-state index in [4.69, 9.17) is 0 Å². The van der Waals surface area contributed by atoms with Gasteiger partial charge in [0, 0.05) is 0 Å². The highest BCUT2D eigenvalue weighted by Gasteiger charge is 2.16. The van der Waals surface area contributed by atoms with Crippen LogP contribution in [0.3, 0.4) is 0 Å². The van der Waals surface area contributed by atoms with E-state index in [-0.39, 0.29) is 6.61 Å². The molecule has 0 radical (unpaired) electrons. The molecular weight excluding hydrogens is 222 g/mol. The van der Waals surface area contributed by atoms with Gasteiger partial charge in [-0.3, -0.25) is 0 Å². The number of benzene rings is 1. The monoisotopic (exact) mass is 235 g/mol. The number of aromatic nitrogens is 3. The first-order chi connectivity index (χ1) is 8.22. The molecule has 0 spiro atoms. The van der Waals surface area contributed by atoms with Crippen molar-refractivity contribution >= 4 is 0 Å². The van der Waals surface area contributed by atoms with Crippen LogP contribution in [0.4, 0.5) is 0 Å². The van der Waals surface area contributed by atoms with Crippen LogP contribution >= 0.6 is 0 Å². The molecule has 0 unspecified atom stereocenters. The van der Waals surface area contributed by atoms with Gasteiger partial charge in [-0.05, 0) is 12.0 Å². The standard InChI is InChI=1S/C11H13N3O3/c15-7-9(6-8-4-2-1-3-5-8)14-10(16)12-13-11(14)17/h1-5,9,15H,6-7H2,(H,12,16)(H,13,17)/t9-/m1/s1. The second kappa shape index (κ2) is 4.84. The summed E-state index contributed by atoms with van der Waals surface area (Å²) in [6.45, 7) is -0.268. The van der Waals surface area contributed by atoms with Crippen LogP contribution in [-0.4, -0.2) is 26.5 Å². The number of hydrogen-bond donors (Lipinski definition) is 3. The summed E-state index contributed by atoms with van der Waals surface area (Å²) < 4.78 is 0.993. The van der Waals surface area contributed by atoms with E-state index < -0.39 is 17.4 Å². The zero-order chi connectivity index (χ0) is 12.3. The van der Waals surface area contributed by atoms with E-state index in [1.165, 1.54) is 0 Å². The highest BCUT2D eigenvalue weighted by molar-refractivity contribution is 5.15. The lowest BCUT2D eigenvalue weighted by Crippen LogP contribution is -2.34. The molecule has 3 N–H and O–H groups in total. The molecule has 0 saturated carbocycles. The topological polar surface area (TPSA) is 90.9 Å². The molecule has 2 rings (SSSR count). The van der Waals surface area contributed by atoms with Crippen LogP contribution in [0.2, 0.25) is 0 Å². The van der Waals surface area contributed by atoms with Gasteiger partial charge in [0.1, 0.15) is 0 Å². The van der Waals surface area contributed by atoms with Crippen molar-refractivity contribution in [2.75, 3.05) is 6.61 Å². The Morgan fingerprint density at radius 2 is 1.71 bits per heavy atom. The summed E-state index contributed by atoms with van der Waals surface area (Å²) in [5.41, 5.74) is -0.117. The Morgan fingerprint density at radius 1 is 1.12 bits per heavy atom. The van der Waals surface area contributed by atoms with Crippen molar-refractivity contribution in [1.29, 1.82) is 0 Å². The van der Waals surface area contributed by atoms with Crippen molar-refractivity contribution in [2.45, 2.75) is 12.5 Å². The summed E-state index contributed by atoms with van der Waals surface area (Å²) in [5.74, 6) is 0. The summed E-state index contributed by atoms with van der Waals surface area (Å²) in [6.07, 6.45) is 0.429. The van der Waals surface area contributed by atoms with Crippen molar-refractivity contribution in [3.05, 3.63) is 56.9 Å². The first kappa shape index (κ1) is 11.4. The Morgan fingerprint density at radius 3 is 2.24 bits per heavy atom. The average molecular weight is 235 g/mol. The Hall–Kier alpha value is -2.08. The Balaban J connectivity index is 2.30. The third-order valence-corrected chi connectivity index (χ3v) is 2.60. The van der Waals surface area contributed by atoms with Crippen LogP contribution in [-0.2, 0) is 6.42 Å². The number of hydrogen-bond acceptors (Lipinski definition) is 3. The fourth-order valence-electron chi connectivity index (χ4n) is 1.77. The summed E-state index contributed by atoms with van der Waals surface area (Å²) >= 11 is 0. The molecule has 0 aliphatic carbocycles. The smallest absolute Gasteiger partial charge is 0.344 e. The van der Waals surface area contributed by atoms with E-state index in [0.717, 1.165) is 10.1 Å². The predicted molar refractivity (Wildman–Crippen MR) is 61.9 cm³/mol. The molecule has 17 heavy (non-hydrogen) atoms. The zero-order valence-electron chi connectivity index (χ0n) is 9.09. The fourth-order valence-corrected chi connectivity index (χ4v) is 1.77. The van der Waals surface area contributed by atoms with Gasteiger partial charge in [-0.15, -0.1) is 0 Å². The zero-order valence-corrected chi connectivity index (χ0v) is 9.09. The van der Waals surface area contributed by atoms with E-state index >= 15 is 0 Å². The van der Waals surface area contributed by atoms with Crippen molar-refractivity contribution in [1.82, 2.24) is 14.8 Å². The first-order valence-corrected chi connectivity index (χ1v) is 5.26. The third-order valence-electron chi connectivity index (χ3n) is 2.60. The van der Waals surface area contributed by atoms with Gasteiger partial charge in [-0.1, -0.05) is 30.3 Å². The molecule has 6 nitrogen and oxygen atoms in total. The number of nitrogens with one attached hydrogen (secondary N) is 2. The number of aliphatic hydroxyl groups is 1. The number of aliphatic hydroxyl groups excluding tert-OH is 1. The molecule has 90 valence electrons. The number of H-pyrrole nitrogens is 2. The van der Waals surface area contributed by atoms with Crippen LogP contribution in [0.25, 0.3) is 0 Å². The van der Waals surface area contributed by atoms with Gasteiger partial charge in [0.25, 0.3) is 0 Å². The summed E-state index contributed by atoms with van der Waals surface area (Å²) in [4.78, 5) is 22.8. The maximum atomic E-state index is 11.4. The van der Waals surface area contributed by atoms with E-state index in [1.807, 2.05) is 30.3 Å². The van der Waals surface area contributed by atoms with Crippen LogP contribution in [0, 0.1) is 0 Å². The van der Waals surface area contributed by atoms with Crippen LogP contribution in [0.5, 0.6) is 0 Å². The summed E-state index contributed by atoms with van der Waals surface area (Å²) in [7, 11) is 0. The van der Waals surface area contributed by atoms with Gasteiger partial charge in [0.05, 0.1) is 12.6 Å². The Kier molecular flexibility index (Phi) is 3.24. The summed E-state index contributed by atoms with van der Waals surface area (Å²) in [6, 6.07) is 8.83. The lowest BCUT2D eigenvalue weighted by molar-refractivity contribution is 0.222.